The van der Waals surface area contributed by atoms with Crippen molar-refractivity contribution in [3.63, 3.8) is 0 Å². The highest BCUT2D eigenvalue weighted by atomic mass is 32.2. The number of imide groups is 2. The van der Waals surface area contributed by atoms with E-state index in [2.05, 4.69) is 20.2 Å². The maximum atomic E-state index is 13.3. The second-order valence-electron chi connectivity index (χ2n) is 16.9. The number of nitrogens with two attached hydrogens (primary N) is 1. The van der Waals surface area contributed by atoms with Crippen LogP contribution in [0.25, 0.3) is 11.3 Å². The monoisotopic (exact) mass is 859 g/mol. The van der Waals surface area contributed by atoms with E-state index in [9.17, 15) is 24.0 Å². The number of nitrogens with zero attached hydrogens (tertiary/aromatic N) is 4. The minimum absolute atomic E-state index is 0.108. The van der Waals surface area contributed by atoms with Crippen molar-refractivity contribution in [3.05, 3.63) is 89.5 Å². The van der Waals surface area contributed by atoms with E-state index in [1.807, 2.05) is 60.7 Å². The number of rotatable bonds is 19. The van der Waals surface area contributed by atoms with Gasteiger partial charge in [0.25, 0.3) is 17.7 Å². The van der Waals surface area contributed by atoms with Gasteiger partial charge in [-0.05, 0) is 118 Å². The Balaban J connectivity index is 0.704. The van der Waals surface area contributed by atoms with Crippen molar-refractivity contribution in [1.29, 1.82) is 0 Å². The lowest BCUT2D eigenvalue weighted by molar-refractivity contribution is -0.136. The Kier molecular flexibility index (Phi) is 14.0. The summed E-state index contributed by atoms with van der Waals surface area (Å²) in [5.41, 5.74) is 8.59. The summed E-state index contributed by atoms with van der Waals surface area (Å²) in [6.07, 6.45) is 14.3. The normalized spacial score (nSPS) is 19.3. The first-order chi connectivity index (χ1) is 30.3. The quantitative estimate of drug-likeness (QED) is 0.0475. The molecule has 4 aromatic rings. The van der Waals surface area contributed by atoms with Crippen LogP contribution in [-0.2, 0) is 9.59 Å². The number of piperidine rings is 2. The van der Waals surface area contributed by atoms with E-state index >= 15 is 0 Å². The molecular formula is C48H57N7O6S. The van der Waals surface area contributed by atoms with Gasteiger partial charge in [0.2, 0.25) is 11.8 Å². The molecule has 8 rings (SSSR count). The number of carbonyl (C=O) groups is 5. The molecule has 326 valence electrons. The van der Waals surface area contributed by atoms with Gasteiger partial charge in [-0.15, -0.1) is 11.8 Å². The molecule has 13 nitrogen and oxygen atoms in total. The molecule has 3 aromatic carbocycles. The summed E-state index contributed by atoms with van der Waals surface area (Å²) >= 11 is 1.59. The highest BCUT2D eigenvalue weighted by molar-refractivity contribution is 7.99. The molecule has 4 aliphatic rings. The van der Waals surface area contributed by atoms with Crippen LogP contribution in [0.2, 0.25) is 0 Å². The zero-order chi connectivity index (χ0) is 43.0. The van der Waals surface area contributed by atoms with Crippen LogP contribution in [0, 0.1) is 5.92 Å². The smallest absolute Gasteiger partial charge is 0.263 e. The lowest BCUT2D eigenvalue weighted by atomic mass is 9.86. The van der Waals surface area contributed by atoms with Gasteiger partial charge in [-0.2, -0.15) is 5.10 Å². The molecule has 1 aromatic heterocycles. The van der Waals surface area contributed by atoms with Crippen LogP contribution >= 0.6 is 11.8 Å². The third-order valence-corrected chi connectivity index (χ3v) is 13.9. The number of hydrogen-bond acceptors (Lipinski definition) is 10. The largest absolute Gasteiger partial charge is 0.457 e. The van der Waals surface area contributed by atoms with Crippen LogP contribution in [-0.4, -0.2) is 87.1 Å². The first kappa shape index (κ1) is 43.2. The van der Waals surface area contributed by atoms with Crippen LogP contribution in [0.3, 0.4) is 0 Å². The first-order valence-corrected chi connectivity index (χ1v) is 23.4. The minimum Gasteiger partial charge on any atom is -0.457 e. The molecule has 5 heterocycles. The molecule has 0 radical (unpaired) electrons. The molecule has 62 heavy (non-hydrogen) atoms. The number of nitrogens with one attached hydrogen (secondary N) is 2. The third-order valence-electron chi connectivity index (χ3n) is 12.8. The number of carbonyl (C=O) groups excluding carboxylic acids is 5. The van der Waals surface area contributed by atoms with Gasteiger partial charge in [0.1, 0.15) is 34.6 Å². The standard InChI is InChI=1S/C48H57N7O6S/c49-44(57)42-43(33-18-20-35(21-19-33)61-34-14-9-8-10-15-34)52-55-37(24-27-50-45(42)55)32-25-29-53(30-26-32)28-11-6-4-2-1-3-5-7-12-31-62-39-17-13-16-36-41(39)48(60)54(47(36)59)38-22-23-40(56)51-46(38)58/h8-10,13-21,32,37-38,50H,1-7,11-12,22-31H2,(H2,49,57)(H,51,56,58). The lowest BCUT2D eigenvalue weighted by Crippen LogP contribution is -2.54. The average Bonchev–Trinajstić information content (AvgIpc) is 3.80. The number of benzene rings is 3. The summed E-state index contributed by atoms with van der Waals surface area (Å²) < 4.78 is 8.03. The predicted octanol–water partition coefficient (Wildman–Crippen LogP) is 8.21. The number of unbranched alkanes of at least 4 members (excludes halogenated alkanes) is 8. The number of amides is 5. The van der Waals surface area contributed by atoms with E-state index in [4.69, 9.17) is 15.6 Å². The number of primary amides is 1. The Morgan fingerprint density at radius 3 is 2.18 bits per heavy atom. The molecule has 4 aliphatic heterocycles. The van der Waals surface area contributed by atoms with Crippen molar-refractivity contribution < 1.29 is 28.7 Å². The molecule has 2 saturated heterocycles. The number of aromatic nitrogens is 2. The number of para-hydroxylation sites is 1. The van der Waals surface area contributed by atoms with E-state index in [1.54, 1.807) is 23.9 Å². The zero-order valence-corrected chi connectivity index (χ0v) is 36.1. The second-order valence-corrected chi connectivity index (χ2v) is 18.1. The third kappa shape index (κ3) is 9.76. The van der Waals surface area contributed by atoms with Crippen molar-refractivity contribution in [3.8, 4) is 22.8 Å². The Morgan fingerprint density at radius 2 is 1.47 bits per heavy atom. The van der Waals surface area contributed by atoms with Crippen molar-refractivity contribution >= 4 is 47.1 Å². The topological polar surface area (TPSA) is 169 Å². The fourth-order valence-electron chi connectivity index (χ4n) is 9.50. The van der Waals surface area contributed by atoms with Crippen molar-refractivity contribution in [2.24, 2.45) is 11.7 Å². The molecule has 0 saturated carbocycles. The molecule has 14 heteroatoms. The second kappa shape index (κ2) is 20.1. The van der Waals surface area contributed by atoms with E-state index in [1.165, 1.54) is 44.9 Å². The molecule has 2 atom stereocenters. The lowest BCUT2D eigenvalue weighted by Gasteiger charge is -2.38. The number of hydrogen-bond donors (Lipinski definition) is 3. The minimum atomic E-state index is -0.949. The predicted molar refractivity (Wildman–Crippen MR) is 239 cm³/mol. The zero-order valence-electron chi connectivity index (χ0n) is 35.3. The van der Waals surface area contributed by atoms with E-state index in [0.29, 0.717) is 34.1 Å². The molecule has 0 bridgehead atoms. The number of anilines is 1. The van der Waals surface area contributed by atoms with Crippen molar-refractivity contribution in [1.82, 2.24) is 24.9 Å². The Morgan fingerprint density at radius 1 is 0.774 bits per heavy atom. The van der Waals surface area contributed by atoms with Crippen LogP contribution < -0.4 is 21.1 Å². The van der Waals surface area contributed by atoms with Crippen LogP contribution in [0.4, 0.5) is 5.82 Å². The fourth-order valence-corrected chi connectivity index (χ4v) is 10.6. The van der Waals surface area contributed by atoms with Gasteiger partial charge in [-0.3, -0.25) is 34.2 Å². The van der Waals surface area contributed by atoms with Gasteiger partial charge in [0.05, 0.1) is 17.2 Å². The number of likely N-dealkylation sites (tertiary alicyclic amines) is 1. The van der Waals surface area contributed by atoms with Crippen molar-refractivity contribution in [2.75, 3.05) is 37.2 Å². The molecule has 2 fully saturated rings. The van der Waals surface area contributed by atoms with Crippen molar-refractivity contribution in [2.45, 2.75) is 107 Å². The summed E-state index contributed by atoms with van der Waals surface area (Å²) in [5, 5.41) is 10.7. The maximum Gasteiger partial charge on any atom is 0.263 e. The van der Waals surface area contributed by atoms with Gasteiger partial charge in [-0.1, -0.05) is 69.2 Å². The van der Waals surface area contributed by atoms with E-state index in [0.717, 1.165) is 91.0 Å². The maximum absolute atomic E-state index is 13.3. The SMILES string of the molecule is NC(=O)c1c(-c2ccc(Oc3ccccc3)cc2)nn2c1NCCC2C1CCN(CCCCCCCCCCCSc2cccc3c2C(=O)N(C2CCC(=O)NC2=O)C3=O)CC1. The molecule has 2 unspecified atom stereocenters. The fraction of sp³-hybridized carbons (Fsp3) is 0.458. The molecule has 4 N–H and O–H groups in total. The summed E-state index contributed by atoms with van der Waals surface area (Å²) in [5.74, 6) is 1.21. The Hall–Kier alpha value is -5.47. The number of thioether (sulfide) groups is 1. The highest BCUT2D eigenvalue weighted by Gasteiger charge is 2.45. The van der Waals surface area contributed by atoms with Gasteiger partial charge in [-0.25, -0.2) is 4.68 Å². The van der Waals surface area contributed by atoms with Crippen LogP contribution in [0.15, 0.2) is 77.7 Å². The molecule has 0 spiro atoms. The average molecular weight is 860 g/mol. The molecule has 5 amide bonds. The van der Waals surface area contributed by atoms with Gasteiger partial charge in [0.15, 0.2) is 0 Å². The van der Waals surface area contributed by atoms with Gasteiger partial charge in [0, 0.05) is 23.4 Å². The summed E-state index contributed by atoms with van der Waals surface area (Å²) in [6.45, 7) is 4.11. The number of ether oxygens (including phenoxy) is 1. The Bertz CT molecular complexity index is 2260. The molecule has 0 aliphatic carbocycles. The Labute approximate surface area is 367 Å². The summed E-state index contributed by atoms with van der Waals surface area (Å²) in [7, 11) is 0. The highest BCUT2D eigenvalue weighted by Crippen LogP contribution is 2.41. The van der Waals surface area contributed by atoms with Crippen LogP contribution in [0.1, 0.15) is 127 Å². The molecular weight excluding hydrogens is 803 g/mol. The summed E-state index contributed by atoms with van der Waals surface area (Å²) in [4.78, 5) is 67.7. The van der Waals surface area contributed by atoms with E-state index < -0.39 is 29.7 Å². The van der Waals surface area contributed by atoms with Gasteiger partial charge >= 0.3 is 0 Å². The van der Waals surface area contributed by atoms with E-state index in [-0.39, 0.29) is 24.8 Å². The number of fused-ring (bicyclic) bond motifs is 2. The summed E-state index contributed by atoms with van der Waals surface area (Å²) in [6, 6.07) is 21.9. The van der Waals surface area contributed by atoms with Crippen LogP contribution in [0.5, 0.6) is 11.5 Å². The van der Waals surface area contributed by atoms with Gasteiger partial charge < -0.3 is 20.7 Å². The first-order valence-electron chi connectivity index (χ1n) is 22.5.